The Balaban J connectivity index is 0.000000463. The van der Waals surface area contributed by atoms with Crippen LogP contribution in [0.2, 0.25) is 0 Å². The van der Waals surface area contributed by atoms with E-state index in [1.165, 1.54) is 89.0 Å². The Kier molecular flexibility index (Phi) is 29.2. The summed E-state index contributed by atoms with van der Waals surface area (Å²) in [5.41, 5.74) is 38.2. The van der Waals surface area contributed by atoms with Gasteiger partial charge in [0, 0.05) is 46.1 Å². The third-order valence-electron chi connectivity index (χ3n) is 16.3. The summed E-state index contributed by atoms with van der Waals surface area (Å²) in [5.74, 6) is 0.734. The second kappa shape index (κ2) is 32.9. The zero-order valence-corrected chi connectivity index (χ0v) is 56.5. The molecule has 438 valence electrons. The van der Waals surface area contributed by atoms with Crippen LogP contribution in [0.25, 0.3) is 0 Å². The van der Waals surface area contributed by atoms with Crippen molar-refractivity contribution in [2.24, 2.45) is 0 Å². The van der Waals surface area contributed by atoms with Gasteiger partial charge in [-0.1, -0.05) is 0 Å². The van der Waals surface area contributed by atoms with Crippen LogP contribution in [0.1, 0.15) is 186 Å². The molecule has 8 rings (SSSR count). The Bertz CT molecular complexity index is 3000. The molecule has 0 fully saturated rings. The highest BCUT2D eigenvalue weighted by molar-refractivity contribution is 5.39. The molecule has 0 atom stereocenters. The topological polar surface area (TPSA) is 168 Å². The monoisotopic (exact) mass is 1100 g/mol. The van der Waals surface area contributed by atoms with E-state index in [-0.39, 0.29) is 0 Å². The smallest absolute Gasteiger partial charge is 0.148 e. The summed E-state index contributed by atoms with van der Waals surface area (Å²) in [6.45, 7) is 67.8. The van der Waals surface area contributed by atoms with Crippen LogP contribution in [0.15, 0.2) is 12.4 Å². The van der Waals surface area contributed by atoms with Crippen LogP contribution in [-0.4, -0.2) is 65.5 Å². The molecule has 0 amide bonds. The van der Waals surface area contributed by atoms with Gasteiger partial charge in [-0.3, -0.25) is 29.9 Å². The molecule has 0 bridgehead atoms. The van der Waals surface area contributed by atoms with Gasteiger partial charge in [-0.2, -0.15) is 25.5 Å². The van der Waals surface area contributed by atoms with Gasteiger partial charge >= 0.3 is 0 Å². The fourth-order valence-corrected chi connectivity index (χ4v) is 7.58. The average molecular weight is 1100 g/mol. The zero-order valence-electron chi connectivity index (χ0n) is 56.5. The first-order valence-electron chi connectivity index (χ1n) is 28.0. The SMILES string of the molecule is Cc1cnc(C)c(C)c1C.Cc1cnnc(C)c1C.Cc1nc(C)c(C)c(C)c1C.Cc1nc(C)c(C)c(C)c1C.Cc1nc(C)c(C)c(C)c1C.Cc1nc(C)c(C)nc1C.Cc1nnc(C)c(C)c1C.Cc1nnc(C)c(C)n1. The van der Waals surface area contributed by atoms with Crippen LogP contribution in [0.4, 0.5) is 0 Å². The molecule has 0 radical (unpaired) electrons. The molecule has 8 heterocycles. The minimum absolute atomic E-state index is 0.734. The lowest BCUT2D eigenvalue weighted by Gasteiger charge is -2.09. The number of pyridine rings is 4. The highest BCUT2D eigenvalue weighted by atomic mass is 15.2. The first-order valence-corrected chi connectivity index (χ1v) is 28.0. The van der Waals surface area contributed by atoms with Crippen molar-refractivity contribution >= 4 is 0 Å². The Hall–Kier alpha value is -7.15. The van der Waals surface area contributed by atoms with Gasteiger partial charge in [-0.25, -0.2) is 4.98 Å². The van der Waals surface area contributed by atoms with E-state index in [0.29, 0.717) is 0 Å². The van der Waals surface area contributed by atoms with Crippen molar-refractivity contribution in [3.05, 3.63) is 198 Å². The standard InChI is InChI=1S/3C10H15N.C9H13N.2C8H12N2.C7H10N2.C6H9N3/c3*1-6-7(2)9(4)11-10(5)8(6)3;1-6-5-10-9(4)8(3)7(6)2;1-5-6(2)10-8(4)7(3)9-5;1-5-6(2)8(4)10-9-7(5)3;1-5-4-8-9-7(3)6(5)2;1-4-5(2)8-9-6(3)7-4/h3*1-5H3;5H,1-4H3;2*1-4H3;4H,1-3H3;1-3H3. The predicted molar refractivity (Wildman–Crippen MR) is 339 cm³/mol. The largest absolute Gasteiger partial charge is 0.261 e. The number of hydrogen-bond donors (Lipinski definition) is 0. The normalized spacial score (nSPS) is 10.0. The van der Waals surface area contributed by atoms with E-state index in [0.717, 1.165) is 96.9 Å². The highest BCUT2D eigenvalue weighted by Crippen LogP contribution is 2.20. The fraction of sp³-hybridized carbons (Fsp3) is 0.485. The minimum atomic E-state index is 0.734. The first kappa shape index (κ1) is 71.9. The summed E-state index contributed by atoms with van der Waals surface area (Å²) in [6.07, 6.45) is 3.71. The van der Waals surface area contributed by atoms with Gasteiger partial charge in [0.15, 0.2) is 0 Å². The van der Waals surface area contributed by atoms with Gasteiger partial charge < -0.3 is 0 Å². The van der Waals surface area contributed by atoms with E-state index in [4.69, 9.17) is 0 Å². The van der Waals surface area contributed by atoms with Gasteiger partial charge in [0.2, 0.25) is 0 Å². The second-order valence-corrected chi connectivity index (χ2v) is 21.7. The second-order valence-electron chi connectivity index (χ2n) is 21.7. The molecule has 0 N–H and O–H groups in total. The molecule has 0 saturated carbocycles. The maximum absolute atomic E-state index is 4.43. The van der Waals surface area contributed by atoms with E-state index >= 15 is 0 Å². The Morgan fingerprint density at radius 3 is 0.691 bits per heavy atom. The number of nitrogens with zero attached hydrogens (tertiary/aromatic N) is 13. The van der Waals surface area contributed by atoms with E-state index in [1.807, 2.05) is 89.3 Å². The zero-order chi connectivity index (χ0) is 62.7. The number of aromatic nitrogens is 13. The summed E-state index contributed by atoms with van der Waals surface area (Å²) >= 11 is 0. The third-order valence-corrected chi connectivity index (χ3v) is 16.3. The van der Waals surface area contributed by atoms with Gasteiger partial charge in [-0.05, 0) is 317 Å². The third kappa shape index (κ3) is 21.7. The number of hydrogen-bond acceptors (Lipinski definition) is 13. The summed E-state index contributed by atoms with van der Waals surface area (Å²) in [5, 5.41) is 23.3. The lowest BCUT2D eigenvalue weighted by atomic mass is 10.0. The van der Waals surface area contributed by atoms with Crippen LogP contribution in [0.5, 0.6) is 0 Å². The summed E-state index contributed by atoms with van der Waals surface area (Å²) in [6, 6.07) is 0. The van der Waals surface area contributed by atoms with Crippen LogP contribution >= 0.6 is 0 Å². The lowest BCUT2D eigenvalue weighted by molar-refractivity contribution is 0.848. The van der Waals surface area contributed by atoms with Gasteiger partial charge in [0.1, 0.15) is 5.82 Å². The van der Waals surface area contributed by atoms with E-state index < -0.39 is 0 Å². The molecule has 0 aliphatic heterocycles. The van der Waals surface area contributed by atoms with Crippen molar-refractivity contribution in [3.63, 3.8) is 0 Å². The molecule has 8 aromatic rings. The van der Waals surface area contributed by atoms with Crippen LogP contribution in [-0.2, 0) is 0 Å². The molecular formula is C68H101N13. The van der Waals surface area contributed by atoms with Crippen LogP contribution in [0, 0.1) is 228 Å². The molecule has 8 aromatic heterocycles. The highest BCUT2D eigenvalue weighted by Gasteiger charge is 2.07. The van der Waals surface area contributed by atoms with Crippen molar-refractivity contribution in [1.82, 2.24) is 65.5 Å². The van der Waals surface area contributed by atoms with Crippen molar-refractivity contribution in [2.45, 2.75) is 228 Å². The molecule has 81 heavy (non-hydrogen) atoms. The predicted octanol–water partition coefficient (Wildman–Crippen LogP) is 15.8. The van der Waals surface area contributed by atoms with E-state index in [1.54, 1.807) is 6.20 Å². The molecule has 0 aromatic carbocycles. The van der Waals surface area contributed by atoms with Crippen molar-refractivity contribution in [1.29, 1.82) is 0 Å². The number of rotatable bonds is 0. The Labute approximate surface area is 490 Å². The van der Waals surface area contributed by atoms with E-state index in [9.17, 15) is 0 Å². The molecule has 0 aliphatic rings. The molecule has 0 saturated heterocycles. The maximum atomic E-state index is 4.43. The maximum Gasteiger partial charge on any atom is 0.148 e. The summed E-state index contributed by atoms with van der Waals surface area (Å²) < 4.78 is 0. The lowest BCUT2D eigenvalue weighted by Crippen LogP contribution is -1.98. The first-order chi connectivity index (χ1) is 37.4. The van der Waals surface area contributed by atoms with Gasteiger partial charge in [0.25, 0.3) is 0 Å². The quantitative estimate of drug-likeness (QED) is 0.141. The molecule has 13 nitrogen and oxygen atoms in total. The fourth-order valence-electron chi connectivity index (χ4n) is 7.58. The van der Waals surface area contributed by atoms with Gasteiger partial charge in [-0.15, -0.1) is 5.10 Å². The van der Waals surface area contributed by atoms with Crippen molar-refractivity contribution < 1.29 is 0 Å². The van der Waals surface area contributed by atoms with Gasteiger partial charge in [0.05, 0.1) is 57.4 Å². The Morgan fingerprint density at radius 1 is 0.173 bits per heavy atom. The average Bonchev–Trinajstić information content (AvgIpc) is 3.41. The summed E-state index contributed by atoms with van der Waals surface area (Å²) in [7, 11) is 0. The molecular weight excluding hydrogens is 999 g/mol. The Morgan fingerprint density at radius 2 is 0.420 bits per heavy atom. The van der Waals surface area contributed by atoms with Crippen molar-refractivity contribution in [2.75, 3.05) is 0 Å². The molecule has 0 unspecified atom stereocenters. The molecule has 0 spiro atoms. The molecule has 13 heteroatoms. The van der Waals surface area contributed by atoms with E-state index in [2.05, 4.69) is 211 Å². The number of aryl methyl sites for hydroxylation is 19. The molecule has 0 aliphatic carbocycles. The van der Waals surface area contributed by atoms with Crippen LogP contribution in [0.3, 0.4) is 0 Å². The minimum Gasteiger partial charge on any atom is -0.261 e. The van der Waals surface area contributed by atoms with Crippen LogP contribution < -0.4 is 0 Å². The van der Waals surface area contributed by atoms with Crippen molar-refractivity contribution in [3.8, 4) is 0 Å². The summed E-state index contributed by atoms with van der Waals surface area (Å²) in [4.78, 5) is 30.3.